The van der Waals surface area contributed by atoms with E-state index in [4.69, 9.17) is 0 Å². The van der Waals surface area contributed by atoms with Crippen LogP contribution in [0.25, 0.3) is 34.4 Å². The third kappa shape index (κ3) is 2.58. The normalized spacial score (nSPS) is 11.6. The second-order valence-corrected chi connectivity index (χ2v) is 5.31. The molecule has 0 saturated carbocycles. The molecule has 2 aromatic heterocycles. The molecule has 0 bridgehead atoms. The molecule has 118 valence electrons. The number of rotatable bonds is 3. The summed E-state index contributed by atoms with van der Waals surface area (Å²) in [7, 11) is 0. The summed E-state index contributed by atoms with van der Waals surface area (Å²) in [5.74, 6) is -0.199. The molecule has 0 aliphatic rings. The number of fused-ring (bicyclic) bond motifs is 1. The minimum Gasteiger partial charge on any atom is -0.345 e. The van der Waals surface area contributed by atoms with Gasteiger partial charge in [0.1, 0.15) is 17.5 Å². The van der Waals surface area contributed by atoms with Crippen LogP contribution < -0.4 is 0 Å². The number of nitrogens with zero attached hydrogens (tertiary/aromatic N) is 2. The van der Waals surface area contributed by atoms with E-state index in [0.717, 1.165) is 10.9 Å². The monoisotopic (exact) mass is 322 g/mol. The average Bonchev–Trinajstić information content (AvgIpc) is 3.23. The Kier molecular flexibility index (Phi) is 3.42. The van der Waals surface area contributed by atoms with Gasteiger partial charge in [-0.15, -0.1) is 0 Å². The largest absolute Gasteiger partial charge is 0.345 e. The molecule has 0 unspecified atom stereocenters. The van der Waals surface area contributed by atoms with Crippen LogP contribution in [0.3, 0.4) is 0 Å². The van der Waals surface area contributed by atoms with Gasteiger partial charge in [0.15, 0.2) is 0 Å². The van der Waals surface area contributed by atoms with E-state index in [1.165, 1.54) is 18.2 Å². The molecule has 4 nitrogen and oxygen atoms in total. The summed E-state index contributed by atoms with van der Waals surface area (Å²) in [5, 5.41) is 7.80. The first-order chi connectivity index (χ1) is 11.7. The minimum atomic E-state index is -0.379. The van der Waals surface area contributed by atoms with Crippen molar-refractivity contribution in [2.45, 2.75) is 0 Å². The third-order valence-electron chi connectivity index (χ3n) is 3.74. The Morgan fingerprint density at radius 1 is 1.00 bits per heavy atom. The molecule has 0 spiro atoms. The van der Waals surface area contributed by atoms with Gasteiger partial charge < -0.3 is 4.98 Å². The first-order valence-corrected chi connectivity index (χ1v) is 7.32. The lowest BCUT2D eigenvalue weighted by Crippen LogP contribution is -1.87. The molecule has 0 amide bonds. The maximum Gasteiger partial charge on any atom is 0.140 e. The Hall–Kier alpha value is -3.28. The SMILES string of the molecule is Fc1ccc(/C=C/c2n[nH]c3cc(F)c(-c4ncc[nH]4)cc23)cc1. The van der Waals surface area contributed by atoms with Crippen molar-refractivity contribution in [1.82, 2.24) is 20.2 Å². The van der Waals surface area contributed by atoms with E-state index in [1.54, 1.807) is 36.7 Å². The lowest BCUT2D eigenvalue weighted by Gasteiger charge is -2.00. The molecule has 6 heteroatoms. The number of H-pyrrole nitrogens is 2. The smallest absolute Gasteiger partial charge is 0.140 e. The van der Waals surface area contributed by atoms with Crippen LogP contribution in [-0.4, -0.2) is 20.2 Å². The Morgan fingerprint density at radius 3 is 2.58 bits per heavy atom. The number of nitrogens with one attached hydrogen (secondary N) is 2. The first-order valence-electron chi connectivity index (χ1n) is 7.32. The van der Waals surface area contributed by atoms with Crippen molar-refractivity contribution in [2.24, 2.45) is 0 Å². The van der Waals surface area contributed by atoms with Crippen molar-refractivity contribution in [3.05, 3.63) is 71.7 Å². The lowest BCUT2D eigenvalue weighted by atomic mass is 10.1. The molecule has 24 heavy (non-hydrogen) atoms. The van der Waals surface area contributed by atoms with E-state index in [1.807, 2.05) is 6.08 Å². The zero-order valence-corrected chi connectivity index (χ0v) is 12.4. The molecule has 2 heterocycles. The van der Waals surface area contributed by atoms with Gasteiger partial charge in [-0.3, -0.25) is 5.10 Å². The summed E-state index contributed by atoms with van der Waals surface area (Å²) in [6, 6.07) is 9.25. The lowest BCUT2D eigenvalue weighted by molar-refractivity contribution is 0.627. The number of hydrogen-bond acceptors (Lipinski definition) is 2. The van der Waals surface area contributed by atoms with Gasteiger partial charge in [0.05, 0.1) is 16.8 Å². The van der Waals surface area contributed by atoms with Crippen LogP contribution in [0.1, 0.15) is 11.3 Å². The van der Waals surface area contributed by atoms with E-state index < -0.39 is 0 Å². The van der Waals surface area contributed by atoms with Gasteiger partial charge in [0, 0.05) is 23.8 Å². The molecule has 2 N–H and O–H groups in total. The van der Waals surface area contributed by atoms with Gasteiger partial charge in [-0.25, -0.2) is 13.8 Å². The zero-order chi connectivity index (χ0) is 16.5. The number of halogens is 2. The van der Waals surface area contributed by atoms with Gasteiger partial charge >= 0.3 is 0 Å². The summed E-state index contributed by atoms with van der Waals surface area (Å²) in [4.78, 5) is 6.99. The van der Waals surface area contributed by atoms with Gasteiger partial charge in [0.2, 0.25) is 0 Å². The summed E-state index contributed by atoms with van der Waals surface area (Å²) in [6.45, 7) is 0. The highest BCUT2D eigenvalue weighted by Gasteiger charge is 2.12. The number of aromatic nitrogens is 4. The van der Waals surface area contributed by atoms with Crippen molar-refractivity contribution >= 4 is 23.1 Å². The standard InChI is InChI=1S/C18H12F2N4/c19-12-4-1-11(2-5-12)3-6-16-14-9-13(18-21-7-8-22-18)15(20)10-17(14)24-23-16/h1-10H,(H,21,22)(H,23,24)/b6-3+. The predicted octanol–water partition coefficient (Wildman–Crippen LogP) is 4.40. The highest BCUT2D eigenvalue weighted by molar-refractivity contribution is 5.92. The van der Waals surface area contributed by atoms with Gasteiger partial charge in [0.25, 0.3) is 0 Å². The van der Waals surface area contributed by atoms with E-state index in [0.29, 0.717) is 22.6 Å². The molecule has 4 rings (SSSR count). The quantitative estimate of drug-likeness (QED) is 0.587. The fraction of sp³-hybridized carbons (Fsp3) is 0. The third-order valence-corrected chi connectivity index (χ3v) is 3.74. The predicted molar refractivity (Wildman–Crippen MR) is 89.0 cm³/mol. The summed E-state index contributed by atoms with van der Waals surface area (Å²) >= 11 is 0. The van der Waals surface area contributed by atoms with E-state index >= 15 is 0 Å². The second kappa shape index (κ2) is 5.73. The second-order valence-electron chi connectivity index (χ2n) is 5.31. The Bertz CT molecular complexity index is 1020. The Labute approximate surface area is 135 Å². The molecule has 0 atom stereocenters. The van der Waals surface area contributed by atoms with Crippen molar-refractivity contribution < 1.29 is 8.78 Å². The highest BCUT2D eigenvalue weighted by atomic mass is 19.1. The van der Waals surface area contributed by atoms with Crippen LogP contribution in [0, 0.1) is 11.6 Å². The first kappa shape index (κ1) is 14.3. The number of hydrogen-bond donors (Lipinski definition) is 2. The fourth-order valence-corrected chi connectivity index (χ4v) is 2.53. The van der Waals surface area contributed by atoms with Crippen LogP contribution in [0.2, 0.25) is 0 Å². The number of benzene rings is 2. The maximum atomic E-state index is 14.2. The van der Waals surface area contributed by atoms with Crippen LogP contribution >= 0.6 is 0 Å². The summed E-state index contributed by atoms with van der Waals surface area (Å²) in [5.41, 5.74) is 2.50. The van der Waals surface area contributed by atoms with Crippen molar-refractivity contribution in [1.29, 1.82) is 0 Å². The van der Waals surface area contributed by atoms with Crippen LogP contribution in [0.5, 0.6) is 0 Å². The van der Waals surface area contributed by atoms with Crippen LogP contribution in [-0.2, 0) is 0 Å². The van der Waals surface area contributed by atoms with Gasteiger partial charge in [-0.05, 0) is 29.8 Å². The van der Waals surface area contributed by atoms with Gasteiger partial charge in [-0.1, -0.05) is 18.2 Å². The minimum absolute atomic E-state index is 0.282. The summed E-state index contributed by atoms with van der Waals surface area (Å²) in [6.07, 6.45) is 6.84. The number of aromatic amines is 2. The number of imidazole rings is 1. The molecule has 0 fully saturated rings. The Morgan fingerprint density at radius 2 is 1.83 bits per heavy atom. The van der Waals surface area contributed by atoms with Gasteiger partial charge in [-0.2, -0.15) is 5.10 Å². The molecule has 0 saturated heterocycles. The molecule has 0 aliphatic heterocycles. The molecule has 0 radical (unpaired) electrons. The van der Waals surface area contributed by atoms with Crippen molar-refractivity contribution in [3.63, 3.8) is 0 Å². The van der Waals surface area contributed by atoms with E-state index in [-0.39, 0.29) is 11.6 Å². The molecular formula is C18H12F2N4. The van der Waals surface area contributed by atoms with Crippen LogP contribution in [0.15, 0.2) is 48.8 Å². The average molecular weight is 322 g/mol. The van der Waals surface area contributed by atoms with Crippen molar-refractivity contribution in [3.8, 4) is 11.4 Å². The van der Waals surface area contributed by atoms with Crippen LogP contribution in [0.4, 0.5) is 8.78 Å². The topological polar surface area (TPSA) is 57.4 Å². The highest BCUT2D eigenvalue weighted by Crippen LogP contribution is 2.27. The van der Waals surface area contributed by atoms with E-state index in [9.17, 15) is 8.78 Å². The van der Waals surface area contributed by atoms with Crippen molar-refractivity contribution in [2.75, 3.05) is 0 Å². The summed E-state index contributed by atoms with van der Waals surface area (Å²) < 4.78 is 27.2. The Balaban J connectivity index is 1.76. The molecule has 4 aromatic rings. The molecule has 2 aromatic carbocycles. The fourth-order valence-electron chi connectivity index (χ4n) is 2.53. The molecular weight excluding hydrogens is 310 g/mol. The van der Waals surface area contributed by atoms with E-state index in [2.05, 4.69) is 20.2 Å². The maximum absolute atomic E-state index is 14.2. The molecule has 0 aliphatic carbocycles. The zero-order valence-electron chi connectivity index (χ0n) is 12.4.